The third-order valence-electron chi connectivity index (χ3n) is 2.78. The van der Waals surface area contributed by atoms with Crippen molar-refractivity contribution in [2.24, 2.45) is 0 Å². The van der Waals surface area contributed by atoms with Crippen LogP contribution in [-0.2, 0) is 11.3 Å². The summed E-state index contributed by atoms with van der Waals surface area (Å²) in [7, 11) is 1.70. The number of aromatic nitrogens is 2. The van der Waals surface area contributed by atoms with E-state index in [1.54, 1.807) is 7.11 Å². The zero-order chi connectivity index (χ0) is 11.8. The van der Waals surface area contributed by atoms with Crippen molar-refractivity contribution in [3.05, 3.63) is 24.3 Å². The molecule has 0 atom stereocenters. The average Bonchev–Trinajstić information content (AvgIpc) is 2.56. The van der Waals surface area contributed by atoms with Gasteiger partial charge in [0.2, 0.25) is 5.95 Å². The average molecular weight is 219 g/mol. The Bertz CT molecular complexity index is 502. The van der Waals surface area contributed by atoms with E-state index in [2.05, 4.69) is 4.98 Å². The summed E-state index contributed by atoms with van der Waals surface area (Å²) in [4.78, 5) is 4.32. The molecule has 0 fully saturated rings. The molecule has 0 radical (unpaired) electrons. The molecule has 0 saturated heterocycles. The van der Waals surface area contributed by atoms with Gasteiger partial charge < -0.3 is 15.0 Å². The molecule has 4 nitrogen and oxygen atoms in total. The molecule has 2 rings (SSSR count). The van der Waals surface area contributed by atoms with Crippen LogP contribution in [0.4, 0.5) is 5.95 Å². The van der Waals surface area contributed by atoms with Crippen molar-refractivity contribution < 1.29 is 4.74 Å². The zero-order valence-corrected chi connectivity index (χ0v) is 9.90. The number of rotatable bonds is 3. The Labute approximate surface area is 95.0 Å². The number of imidazole rings is 1. The molecule has 2 N–H and O–H groups in total. The number of hydrogen-bond donors (Lipinski definition) is 1. The molecular weight excluding hydrogens is 202 g/mol. The third kappa shape index (κ3) is 1.88. The molecular formula is C12H17N3O. The van der Waals surface area contributed by atoms with Crippen molar-refractivity contribution in [3.63, 3.8) is 0 Å². The first-order chi connectivity index (χ1) is 7.53. The lowest BCUT2D eigenvalue weighted by Gasteiger charge is -2.24. The van der Waals surface area contributed by atoms with Crippen molar-refractivity contribution >= 4 is 17.0 Å². The molecule has 2 aromatic rings. The van der Waals surface area contributed by atoms with Crippen LogP contribution in [-0.4, -0.2) is 22.3 Å². The van der Waals surface area contributed by atoms with Crippen molar-refractivity contribution in [1.29, 1.82) is 0 Å². The highest BCUT2D eigenvalue weighted by Gasteiger charge is 2.20. The van der Waals surface area contributed by atoms with Gasteiger partial charge in [0.1, 0.15) is 0 Å². The minimum atomic E-state index is -0.252. The fraction of sp³-hybridized carbons (Fsp3) is 0.417. The van der Waals surface area contributed by atoms with Crippen molar-refractivity contribution in [2.45, 2.75) is 26.0 Å². The molecule has 16 heavy (non-hydrogen) atoms. The fourth-order valence-electron chi connectivity index (χ4n) is 1.71. The highest BCUT2D eigenvalue weighted by Crippen LogP contribution is 2.21. The second-order valence-electron chi connectivity index (χ2n) is 4.51. The molecule has 86 valence electrons. The molecule has 0 saturated carbocycles. The summed E-state index contributed by atoms with van der Waals surface area (Å²) in [6.07, 6.45) is 0. The number of fused-ring (bicyclic) bond motifs is 1. The molecule has 1 aromatic heterocycles. The number of benzene rings is 1. The smallest absolute Gasteiger partial charge is 0.201 e. The Balaban J connectivity index is 2.47. The molecule has 1 heterocycles. The molecule has 0 aliphatic carbocycles. The predicted molar refractivity (Wildman–Crippen MR) is 65.2 cm³/mol. The molecule has 4 heteroatoms. The van der Waals surface area contributed by atoms with E-state index in [0.29, 0.717) is 12.5 Å². The maximum absolute atomic E-state index is 5.91. The number of nitrogen functional groups attached to an aromatic ring is 1. The maximum atomic E-state index is 5.91. The van der Waals surface area contributed by atoms with Gasteiger partial charge in [0.15, 0.2) is 0 Å². The van der Waals surface area contributed by atoms with Crippen LogP contribution in [0.25, 0.3) is 11.0 Å². The zero-order valence-electron chi connectivity index (χ0n) is 9.90. The lowest BCUT2D eigenvalue weighted by Crippen LogP contribution is -2.29. The van der Waals surface area contributed by atoms with Crippen molar-refractivity contribution in [1.82, 2.24) is 9.55 Å². The van der Waals surface area contributed by atoms with E-state index in [1.807, 2.05) is 42.7 Å². The van der Waals surface area contributed by atoms with Gasteiger partial charge in [-0.25, -0.2) is 4.98 Å². The van der Waals surface area contributed by atoms with Gasteiger partial charge >= 0.3 is 0 Å². The minimum Gasteiger partial charge on any atom is -0.377 e. The van der Waals surface area contributed by atoms with Gasteiger partial charge in [0, 0.05) is 7.11 Å². The molecule has 0 aliphatic heterocycles. The van der Waals surface area contributed by atoms with Crippen LogP contribution >= 0.6 is 0 Å². The number of hydrogen-bond acceptors (Lipinski definition) is 3. The molecule has 0 amide bonds. The van der Waals surface area contributed by atoms with Crippen LogP contribution < -0.4 is 5.73 Å². The first-order valence-corrected chi connectivity index (χ1v) is 5.29. The van der Waals surface area contributed by atoms with E-state index in [4.69, 9.17) is 10.5 Å². The number of nitrogens with two attached hydrogens (primary N) is 1. The van der Waals surface area contributed by atoms with E-state index < -0.39 is 0 Å². The quantitative estimate of drug-likeness (QED) is 0.859. The summed E-state index contributed by atoms with van der Waals surface area (Å²) in [5.41, 5.74) is 7.63. The van der Waals surface area contributed by atoms with Gasteiger partial charge in [0.25, 0.3) is 0 Å². The van der Waals surface area contributed by atoms with E-state index in [1.165, 1.54) is 0 Å². The second kappa shape index (κ2) is 3.79. The Hall–Kier alpha value is -1.55. The predicted octanol–water partition coefficient (Wildman–Crippen LogP) is 2.04. The van der Waals surface area contributed by atoms with Crippen molar-refractivity contribution in [2.75, 3.05) is 12.8 Å². The highest BCUT2D eigenvalue weighted by molar-refractivity contribution is 5.78. The van der Waals surface area contributed by atoms with Crippen LogP contribution in [0.3, 0.4) is 0 Å². The van der Waals surface area contributed by atoms with Gasteiger partial charge in [-0.15, -0.1) is 0 Å². The molecule has 0 spiro atoms. The Morgan fingerprint density at radius 2 is 2.06 bits per heavy atom. The molecule has 1 aromatic carbocycles. The van der Waals surface area contributed by atoms with E-state index in [-0.39, 0.29) is 5.60 Å². The van der Waals surface area contributed by atoms with Gasteiger partial charge in [-0.3, -0.25) is 0 Å². The Kier molecular flexibility index (Phi) is 2.59. The summed E-state index contributed by atoms with van der Waals surface area (Å²) in [6, 6.07) is 7.92. The molecule has 0 unspecified atom stereocenters. The van der Waals surface area contributed by atoms with Gasteiger partial charge in [-0.1, -0.05) is 12.1 Å². The first-order valence-electron chi connectivity index (χ1n) is 5.29. The maximum Gasteiger partial charge on any atom is 0.201 e. The normalized spacial score (nSPS) is 12.2. The lowest BCUT2D eigenvalue weighted by molar-refractivity contribution is 0.00947. The van der Waals surface area contributed by atoms with Gasteiger partial charge in [0.05, 0.1) is 23.2 Å². The van der Waals surface area contributed by atoms with E-state index in [0.717, 1.165) is 11.0 Å². The third-order valence-corrected chi connectivity index (χ3v) is 2.78. The largest absolute Gasteiger partial charge is 0.377 e. The number of methoxy groups -OCH3 is 1. The molecule has 0 aliphatic rings. The highest BCUT2D eigenvalue weighted by atomic mass is 16.5. The number of anilines is 1. The van der Waals surface area contributed by atoms with Crippen LogP contribution in [0.5, 0.6) is 0 Å². The van der Waals surface area contributed by atoms with Crippen LogP contribution in [0.15, 0.2) is 24.3 Å². The lowest BCUT2D eigenvalue weighted by atomic mass is 10.1. The summed E-state index contributed by atoms with van der Waals surface area (Å²) in [5.74, 6) is 0.534. The van der Waals surface area contributed by atoms with Gasteiger partial charge in [-0.2, -0.15) is 0 Å². The number of nitrogens with zero attached hydrogens (tertiary/aromatic N) is 2. The van der Waals surface area contributed by atoms with Crippen LogP contribution in [0.2, 0.25) is 0 Å². The number of ether oxygens (including phenoxy) is 1. The first kappa shape index (κ1) is 11.0. The monoisotopic (exact) mass is 219 g/mol. The second-order valence-corrected chi connectivity index (χ2v) is 4.51. The minimum absolute atomic E-state index is 0.252. The molecule has 0 bridgehead atoms. The fourth-order valence-corrected chi connectivity index (χ4v) is 1.71. The summed E-state index contributed by atoms with van der Waals surface area (Å²) in [6.45, 7) is 4.75. The number of para-hydroxylation sites is 2. The Morgan fingerprint density at radius 1 is 1.38 bits per heavy atom. The van der Waals surface area contributed by atoms with Crippen LogP contribution in [0.1, 0.15) is 13.8 Å². The summed E-state index contributed by atoms with van der Waals surface area (Å²) < 4.78 is 7.40. The standard InChI is InChI=1S/C12H17N3O/c1-12(2,16-3)8-15-10-7-5-4-6-9(10)14-11(15)13/h4-7H,8H2,1-3H3,(H2,13,14). The summed E-state index contributed by atoms with van der Waals surface area (Å²) >= 11 is 0. The SMILES string of the molecule is COC(C)(C)Cn1c(N)nc2ccccc21. The Morgan fingerprint density at radius 3 is 2.75 bits per heavy atom. The van der Waals surface area contributed by atoms with Crippen LogP contribution in [0, 0.1) is 0 Å². The topological polar surface area (TPSA) is 53.1 Å². The van der Waals surface area contributed by atoms with E-state index >= 15 is 0 Å². The van der Waals surface area contributed by atoms with E-state index in [9.17, 15) is 0 Å². The van der Waals surface area contributed by atoms with Crippen molar-refractivity contribution in [3.8, 4) is 0 Å². The van der Waals surface area contributed by atoms with Gasteiger partial charge in [-0.05, 0) is 26.0 Å². The summed E-state index contributed by atoms with van der Waals surface area (Å²) in [5, 5.41) is 0.